The van der Waals surface area contributed by atoms with Gasteiger partial charge in [0.05, 0.1) is 12.4 Å². The molecule has 3 nitrogen and oxygen atoms in total. The summed E-state index contributed by atoms with van der Waals surface area (Å²) in [5.74, 6) is -0.194. The third-order valence-electron chi connectivity index (χ3n) is 1.62. The van der Waals surface area contributed by atoms with Gasteiger partial charge in [-0.05, 0) is 17.7 Å². The highest BCUT2D eigenvalue weighted by atomic mass is 32.2. The van der Waals surface area contributed by atoms with Gasteiger partial charge in [0.2, 0.25) is 0 Å². The maximum atomic E-state index is 10.4. The van der Waals surface area contributed by atoms with E-state index < -0.39 is 5.97 Å². The molecule has 1 aromatic rings. The Bertz CT molecular complexity index is 295. The number of ether oxygens (including phenoxy) is 1. The Morgan fingerprint density at radius 3 is 2.57 bits per heavy atom. The van der Waals surface area contributed by atoms with Crippen LogP contribution in [0.3, 0.4) is 0 Å². The number of thioether (sulfide) groups is 1. The van der Waals surface area contributed by atoms with Crippen molar-refractivity contribution in [3.05, 3.63) is 29.8 Å². The van der Waals surface area contributed by atoms with Crippen molar-refractivity contribution in [3.63, 3.8) is 0 Å². The number of hydrogen-bond donors (Lipinski definition) is 1. The minimum Gasteiger partial charge on any atom is -0.481 e. The van der Waals surface area contributed by atoms with E-state index in [0.29, 0.717) is 5.94 Å². The fraction of sp³-hybridized carbons (Fsp3) is 0.300. The lowest BCUT2D eigenvalue weighted by Crippen LogP contribution is -1.99. The average molecular weight is 212 g/mol. The first-order valence-corrected chi connectivity index (χ1v) is 5.13. The van der Waals surface area contributed by atoms with Crippen molar-refractivity contribution in [1.82, 2.24) is 0 Å². The molecular weight excluding hydrogens is 200 g/mol. The molecule has 0 aliphatic rings. The van der Waals surface area contributed by atoms with E-state index in [4.69, 9.17) is 9.84 Å². The highest BCUT2D eigenvalue weighted by Gasteiger charge is 2.00. The van der Waals surface area contributed by atoms with Crippen molar-refractivity contribution in [3.8, 4) is 0 Å². The molecule has 0 fully saturated rings. The molecule has 0 aliphatic heterocycles. The molecule has 0 heterocycles. The van der Waals surface area contributed by atoms with Gasteiger partial charge in [0, 0.05) is 12.0 Å². The molecule has 0 spiro atoms. The van der Waals surface area contributed by atoms with Crippen LogP contribution in [0.15, 0.2) is 29.2 Å². The molecule has 0 saturated carbocycles. The first-order valence-electron chi connectivity index (χ1n) is 4.15. The topological polar surface area (TPSA) is 46.5 Å². The molecule has 0 saturated heterocycles. The summed E-state index contributed by atoms with van der Waals surface area (Å²) in [6.07, 6.45) is 0.0786. The van der Waals surface area contributed by atoms with Gasteiger partial charge in [-0.3, -0.25) is 4.79 Å². The van der Waals surface area contributed by atoms with Crippen LogP contribution in [0, 0.1) is 0 Å². The second-order valence-corrected chi connectivity index (χ2v) is 3.76. The molecule has 1 aromatic carbocycles. The lowest BCUT2D eigenvalue weighted by molar-refractivity contribution is -0.136. The summed E-state index contributed by atoms with van der Waals surface area (Å²) in [6.45, 7) is 0. The van der Waals surface area contributed by atoms with Crippen LogP contribution in [0.4, 0.5) is 0 Å². The van der Waals surface area contributed by atoms with Crippen LogP contribution in [-0.2, 0) is 16.0 Å². The summed E-state index contributed by atoms with van der Waals surface area (Å²) in [7, 11) is 1.64. The van der Waals surface area contributed by atoms with Gasteiger partial charge in [-0.1, -0.05) is 23.9 Å². The Kier molecular flexibility index (Phi) is 4.49. The summed E-state index contributed by atoms with van der Waals surface area (Å²) in [4.78, 5) is 11.5. The minimum atomic E-state index is -0.803. The molecule has 14 heavy (non-hydrogen) atoms. The van der Waals surface area contributed by atoms with Crippen LogP contribution >= 0.6 is 11.8 Å². The van der Waals surface area contributed by atoms with Gasteiger partial charge >= 0.3 is 5.97 Å². The second-order valence-electron chi connectivity index (χ2n) is 2.77. The van der Waals surface area contributed by atoms with Crippen molar-refractivity contribution >= 4 is 17.7 Å². The zero-order chi connectivity index (χ0) is 10.4. The Hall–Kier alpha value is -1.00. The molecule has 0 radical (unpaired) electrons. The maximum absolute atomic E-state index is 10.4. The van der Waals surface area contributed by atoms with Crippen LogP contribution in [0.25, 0.3) is 0 Å². The normalized spacial score (nSPS) is 10.1. The van der Waals surface area contributed by atoms with E-state index in [-0.39, 0.29) is 6.42 Å². The van der Waals surface area contributed by atoms with Crippen molar-refractivity contribution in [1.29, 1.82) is 0 Å². The van der Waals surface area contributed by atoms with Crippen molar-refractivity contribution in [2.45, 2.75) is 11.3 Å². The van der Waals surface area contributed by atoms with E-state index in [1.54, 1.807) is 18.9 Å². The van der Waals surface area contributed by atoms with E-state index in [2.05, 4.69) is 0 Å². The number of aliphatic carboxylic acids is 1. The minimum absolute atomic E-state index is 0.0786. The van der Waals surface area contributed by atoms with Gasteiger partial charge in [0.1, 0.15) is 0 Å². The molecule has 1 N–H and O–H groups in total. The Morgan fingerprint density at radius 1 is 1.43 bits per heavy atom. The number of carboxylic acids is 1. The standard InChI is InChI=1S/C10H12O3S/c1-13-7-14-9-4-2-8(3-5-9)6-10(11)12/h2-5H,6-7H2,1H3,(H,11,12). The van der Waals surface area contributed by atoms with Gasteiger partial charge in [-0.2, -0.15) is 0 Å². The molecule has 0 aromatic heterocycles. The molecule has 0 amide bonds. The molecule has 0 atom stereocenters. The summed E-state index contributed by atoms with van der Waals surface area (Å²) >= 11 is 1.58. The number of benzene rings is 1. The zero-order valence-electron chi connectivity index (χ0n) is 7.90. The highest BCUT2D eigenvalue weighted by molar-refractivity contribution is 7.99. The smallest absolute Gasteiger partial charge is 0.307 e. The third-order valence-corrected chi connectivity index (χ3v) is 2.58. The highest BCUT2D eigenvalue weighted by Crippen LogP contribution is 2.18. The fourth-order valence-electron chi connectivity index (χ4n) is 1.01. The summed E-state index contributed by atoms with van der Waals surface area (Å²) in [6, 6.07) is 7.46. The number of methoxy groups -OCH3 is 1. The Labute approximate surface area is 87.1 Å². The van der Waals surface area contributed by atoms with Gasteiger partial charge in [-0.25, -0.2) is 0 Å². The van der Waals surface area contributed by atoms with Crippen LogP contribution in [-0.4, -0.2) is 24.1 Å². The van der Waals surface area contributed by atoms with E-state index in [9.17, 15) is 4.79 Å². The first-order chi connectivity index (χ1) is 6.72. The Morgan fingerprint density at radius 2 is 2.07 bits per heavy atom. The van der Waals surface area contributed by atoms with Gasteiger partial charge in [0.15, 0.2) is 0 Å². The van der Waals surface area contributed by atoms with Crippen LogP contribution in [0.2, 0.25) is 0 Å². The van der Waals surface area contributed by atoms with Gasteiger partial charge in [0.25, 0.3) is 0 Å². The second kappa shape index (κ2) is 5.67. The first kappa shape index (κ1) is 11.1. The fourth-order valence-corrected chi connectivity index (χ4v) is 1.59. The molecule has 0 bridgehead atoms. The van der Waals surface area contributed by atoms with E-state index in [1.165, 1.54) is 0 Å². The quantitative estimate of drug-likeness (QED) is 0.599. The van der Waals surface area contributed by atoms with Crippen LogP contribution in [0.5, 0.6) is 0 Å². The number of rotatable bonds is 5. The molecule has 76 valence electrons. The molecule has 4 heteroatoms. The largest absolute Gasteiger partial charge is 0.481 e. The lowest BCUT2D eigenvalue weighted by Gasteiger charge is -2.01. The molecular formula is C10H12O3S. The summed E-state index contributed by atoms with van der Waals surface area (Å²) in [5.41, 5.74) is 0.819. The number of carbonyl (C=O) groups is 1. The Balaban J connectivity index is 2.54. The SMILES string of the molecule is COCSc1ccc(CC(=O)O)cc1. The van der Waals surface area contributed by atoms with E-state index in [0.717, 1.165) is 10.5 Å². The summed E-state index contributed by atoms with van der Waals surface area (Å²) in [5, 5.41) is 8.55. The molecule has 0 unspecified atom stereocenters. The predicted molar refractivity (Wildman–Crippen MR) is 55.5 cm³/mol. The maximum Gasteiger partial charge on any atom is 0.307 e. The van der Waals surface area contributed by atoms with Crippen molar-refractivity contribution in [2.24, 2.45) is 0 Å². The lowest BCUT2D eigenvalue weighted by atomic mass is 10.2. The third kappa shape index (κ3) is 3.81. The average Bonchev–Trinajstić information content (AvgIpc) is 2.16. The van der Waals surface area contributed by atoms with Gasteiger partial charge in [-0.15, -0.1) is 0 Å². The van der Waals surface area contributed by atoms with Crippen molar-refractivity contribution in [2.75, 3.05) is 13.0 Å². The van der Waals surface area contributed by atoms with E-state index >= 15 is 0 Å². The number of hydrogen-bond acceptors (Lipinski definition) is 3. The molecule has 0 aliphatic carbocycles. The van der Waals surface area contributed by atoms with Crippen LogP contribution < -0.4 is 0 Å². The number of carboxylic acid groups (broad SMARTS) is 1. The van der Waals surface area contributed by atoms with E-state index in [1.807, 2.05) is 24.3 Å². The van der Waals surface area contributed by atoms with Crippen LogP contribution in [0.1, 0.15) is 5.56 Å². The molecule has 1 rings (SSSR count). The monoisotopic (exact) mass is 212 g/mol. The zero-order valence-corrected chi connectivity index (χ0v) is 8.71. The van der Waals surface area contributed by atoms with Crippen molar-refractivity contribution < 1.29 is 14.6 Å². The van der Waals surface area contributed by atoms with Gasteiger partial charge < -0.3 is 9.84 Å². The predicted octanol–water partition coefficient (Wildman–Crippen LogP) is 2.01. The summed E-state index contributed by atoms with van der Waals surface area (Å²) < 4.78 is 4.91.